The van der Waals surface area contributed by atoms with E-state index in [0.29, 0.717) is 6.42 Å². The molecule has 0 spiro atoms. The number of amides is 4. The van der Waals surface area contributed by atoms with Gasteiger partial charge in [-0.3, -0.25) is 20.2 Å². The van der Waals surface area contributed by atoms with Gasteiger partial charge in [0.05, 0.1) is 0 Å². The molecule has 1 rings (SSSR count). The van der Waals surface area contributed by atoms with Crippen LogP contribution in [0.15, 0.2) is 0 Å². The summed E-state index contributed by atoms with van der Waals surface area (Å²) in [5.74, 6) is -1.01. The third kappa shape index (κ3) is 3.81. The van der Waals surface area contributed by atoms with Crippen LogP contribution in [0.5, 0.6) is 0 Å². The van der Waals surface area contributed by atoms with Gasteiger partial charge in [-0.25, -0.2) is 4.79 Å². The zero-order valence-electron chi connectivity index (χ0n) is 13.9. The monoisotopic (exact) mass is 274 g/mol. The second kappa shape index (κ2) is 8.72. The van der Waals surface area contributed by atoms with Crippen LogP contribution in [0.1, 0.15) is 42.9 Å². The van der Waals surface area contributed by atoms with Gasteiger partial charge in [-0.05, 0) is 18.8 Å². The first kappa shape index (κ1) is 20.9. The van der Waals surface area contributed by atoms with Crippen molar-refractivity contribution in [1.29, 1.82) is 0 Å². The smallest absolute Gasteiger partial charge is 1.00 e. The molecule has 5 nitrogen and oxygen atoms in total. The van der Waals surface area contributed by atoms with Crippen LogP contribution in [0.4, 0.5) is 4.79 Å². The number of nitrogens with one attached hydrogen (secondary N) is 2. The summed E-state index contributed by atoms with van der Waals surface area (Å²) < 4.78 is 0. The molecule has 0 aliphatic carbocycles. The van der Waals surface area contributed by atoms with Gasteiger partial charge in [-0.1, -0.05) is 27.2 Å². The summed E-state index contributed by atoms with van der Waals surface area (Å²) in [6.07, 6.45) is 2.08. The van der Waals surface area contributed by atoms with E-state index >= 15 is 0 Å². The quantitative estimate of drug-likeness (QED) is 0.400. The van der Waals surface area contributed by atoms with E-state index in [4.69, 9.17) is 0 Å². The Labute approximate surface area is 155 Å². The van der Waals surface area contributed by atoms with Gasteiger partial charge >= 0.3 is 65.1 Å². The molecule has 94 valence electrons. The number of imide groups is 2. The predicted molar refractivity (Wildman–Crippen MR) is 60.7 cm³/mol. The number of carbonyl (C=O) groups excluding carboxylic acids is 3. The maximum Gasteiger partial charge on any atom is 1.00 e. The van der Waals surface area contributed by atoms with Crippen molar-refractivity contribution in [3.63, 3.8) is 0 Å². The van der Waals surface area contributed by atoms with E-state index in [0.717, 1.165) is 12.8 Å². The predicted octanol–water partition coefficient (Wildman–Crippen LogP) is -4.58. The molecule has 7 heteroatoms. The number of urea groups is 1. The summed E-state index contributed by atoms with van der Waals surface area (Å²) >= 11 is 0. The largest absolute Gasteiger partial charge is 1.00 e. The zero-order valence-corrected chi connectivity index (χ0v) is 15.9. The SMILES string of the molecule is CCCC(C)C1(CC)C(=O)NC(=O)NC1=O.[H-].[H-].[Na+].[Na+]. The first-order chi connectivity index (χ1) is 7.48. The van der Waals surface area contributed by atoms with Gasteiger partial charge < -0.3 is 2.85 Å². The second-order valence-corrected chi connectivity index (χ2v) is 4.25. The first-order valence-electron chi connectivity index (χ1n) is 5.65. The molecule has 1 atom stereocenters. The molecule has 18 heavy (non-hydrogen) atoms. The van der Waals surface area contributed by atoms with Crippen LogP contribution in [0, 0.1) is 11.3 Å². The van der Waals surface area contributed by atoms with Crippen molar-refractivity contribution in [1.82, 2.24) is 10.6 Å². The molecule has 1 aliphatic rings. The maximum absolute atomic E-state index is 11.9. The number of rotatable bonds is 4. The molecule has 0 radical (unpaired) electrons. The molecular weight excluding hydrogens is 254 g/mol. The van der Waals surface area contributed by atoms with Crippen LogP contribution >= 0.6 is 0 Å². The Balaban J connectivity index is -0.000000320. The minimum absolute atomic E-state index is 0. The van der Waals surface area contributed by atoms with Crippen molar-refractivity contribution in [3.05, 3.63) is 0 Å². The summed E-state index contributed by atoms with van der Waals surface area (Å²) in [7, 11) is 0. The molecule has 0 aromatic heterocycles. The summed E-state index contributed by atoms with van der Waals surface area (Å²) in [5.41, 5.74) is -1.09. The molecule has 0 saturated carbocycles. The van der Waals surface area contributed by atoms with Crippen LogP contribution in [0.2, 0.25) is 0 Å². The third-order valence-electron chi connectivity index (χ3n) is 3.39. The molecule has 2 N–H and O–H groups in total. The molecule has 0 aromatic rings. The minimum Gasteiger partial charge on any atom is -1.00 e. The molecule has 1 aliphatic heterocycles. The van der Waals surface area contributed by atoms with Gasteiger partial charge in [0.1, 0.15) is 5.41 Å². The first-order valence-corrected chi connectivity index (χ1v) is 5.65. The van der Waals surface area contributed by atoms with Crippen molar-refractivity contribution in [2.45, 2.75) is 40.0 Å². The summed E-state index contributed by atoms with van der Waals surface area (Å²) in [6, 6.07) is -0.720. The van der Waals surface area contributed by atoms with Crippen molar-refractivity contribution in [2.24, 2.45) is 11.3 Å². The van der Waals surface area contributed by atoms with Gasteiger partial charge in [0, 0.05) is 0 Å². The van der Waals surface area contributed by atoms with Gasteiger partial charge in [-0.15, -0.1) is 0 Å². The fourth-order valence-electron chi connectivity index (χ4n) is 2.36. The number of carbonyl (C=O) groups is 3. The topological polar surface area (TPSA) is 75.3 Å². The zero-order chi connectivity index (χ0) is 12.3. The van der Waals surface area contributed by atoms with Crippen LogP contribution in [0.25, 0.3) is 0 Å². The molecule has 0 bridgehead atoms. The molecular formula is C11H20N2Na2O3. The fourth-order valence-corrected chi connectivity index (χ4v) is 2.36. The molecule has 1 fully saturated rings. The molecule has 1 saturated heterocycles. The number of hydrogen-bond acceptors (Lipinski definition) is 3. The van der Waals surface area contributed by atoms with Crippen LogP contribution < -0.4 is 69.7 Å². The van der Waals surface area contributed by atoms with E-state index in [2.05, 4.69) is 10.6 Å². The number of hydrogen-bond donors (Lipinski definition) is 2. The van der Waals surface area contributed by atoms with E-state index in [1.165, 1.54) is 0 Å². The van der Waals surface area contributed by atoms with Crippen molar-refractivity contribution in [3.8, 4) is 0 Å². The third-order valence-corrected chi connectivity index (χ3v) is 3.39. The van der Waals surface area contributed by atoms with E-state index < -0.39 is 23.3 Å². The maximum atomic E-state index is 11.9. The fraction of sp³-hybridized carbons (Fsp3) is 0.727. The number of barbiturate groups is 1. The Hall–Kier alpha value is 0.610. The van der Waals surface area contributed by atoms with Crippen LogP contribution in [0.3, 0.4) is 0 Å². The Morgan fingerprint density at radius 3 is 1.89 bits per heavy atom. The van der Waals surface area contributed by atoms with E-state index in [9.17, 15) is 14.4 Å². The standard InChI is InChI=1S/C11H18N2O3.2Na.2H/c1-4-6-7(3)11(5-2)8(14)12-10(16)13-9(11)15;;;;/h7H,4-6H2,1-3H3,(H2,12,13,14,15,16);;;;/q;2*+1;2*-1. The Kier molecular flexibility index (Phi) is 10.1. The second-order valence-electron chi connectivity index (χ2n) is 4.25. The average molecular weight is 274 g/mol. The van der Waals surface area contributed by atoms with Crippen molar-refractivity contribution >= 4 is 17.8 Å². The Bertz CT molecular complexity index is 324. The van der Waals surface area contributed by atoms with Crippen LogP contribution in [-0.2, 0) is 9.59 Å². The summed E-state index contributed by atoms with van der Waals surface area (Å²) in [5, 5.41) is 4.36. The summed E-state index contributed by atoms with van der Waals surface area (Å²) in [4.78, 5) is 34.8. The van der Waals surface area contributed by atoms with Gasteiger partial charge in [0.15, 0.2) is 0 Å². The molecule has 4 amide bonds. The Morgan fingerprint density at radius 1 is 1.11 bits per heavy atom. The van der Waals surface area contributed by atoms with E-state index in [-0.39, 0.29) is 67.9 Å². The normalized spacial score (nSPS) is 18.9. The van der Waals surface area contributed by atoms with Crippen LogP contribution in [-0.4, -0.2) is 17.8 Å². The van der Waals surface area contributed by atoms with Gasteiger partial charge in [-0.2, -0.15) is 0 Å². The molecule has 1 unspecified atom stereocenters. The van der Waals surface area contributed by atoms with E-state index in [1.54, 1.807) is 6.92 Å². The Morgan fingerprint density at radius 2 is 1.56 bits per heavy atom. The minimum atomic E-state index is -1.09. The van der Waals surface area contributed by atoms with Gasteiger partial charge in [0.2, 0.25) is 11.8 Å². The molecule has 0 aromatic carbocycles. The summed E-state index contributed by atoms with van der Waals surface area (Å²) in [6.45, 7) is 5.67. The molecule has 1 heterocycles. The van der Waals surface area contributed by atoms with Crippen molar-refractivity contribution in [2.75, 3.05) is 0 Å². The van der Waals surface area contributed by atoms with Crippen molar-refractivity contribution < 1.29 is 76.4 Å². The van der Waals surface area contributed by atoms with Gasteiger partial charge in [0.25, 0.3) is 0 Å². The average Bonchev–Trinajstić information content (AvgIpc) is 2.18. The van der Waals surface area contributed by atoms with E-state index in [1.807, 2.05) is 13.8 Å².